The first-order valence-corrected chi connectivity index (χ1v) is 19.6. The van der Waals surface area contributed by atoms with E-state index in [1.54, 1.807) is 0 Å². The van der Waals surface area contributed by atoms with Crippen molar-refractivity contribution in [2.75, 3.05) is 0 Å². The van der Waals surface area contributed by atoms with E-state index in [4.69, 9.17) is 19.9 Å². The van der Waals surface area contributed by atoms with E-state index in [0.29, 0.717) is 11.6 Å². The molecule has 0 spiro atoms. The van der Waals surface area contributed by atoms with E-state index in [1.807, 2.05) is 12.1 Å². The summed E-state index contributed by atoms with van der Waals surface area (Å²) in [6.07, 6.45) is 0. The van der Waals surface area contributed by atoms with Gasteiger partial charge in [-0.1, -0.05) is 176 Å². The monoisotopic (exact) mass is 738 g/mol. The number of benzene rings is 9. The highest BCUT2D eigenvalue weighted by Crippen LogP contribution is 2.39. The third-order valence-electron chi connectivity index (χ3n) is 11.1. The summed E-state index contributed by atoms with van der Waals surface area (Å²) in [6.45, 7) is 0. The van der Waals surface area contributed by atoms with Gasteiger partial charge in [-0.15, -0.1) is 0 Å². The molecule has 0 bridgehead atoms. The summed E-state index contributed by atoms with van der Waals surface area (Å²) >= 11 is 0. The number of para-hydroxylation sites is 2. The fraction of sp³-hybridized carbons (Fsp3) is 0. The van der Waals surface area contributed by atoms with Crippen molar-refractivity contribution in [3.63, 3.8) is 0 Å². The van der Waals surface area contributed by atoms with Gasteiger partial charge in [0.25, 0.3) is 0 Å². The van der Waals surface area contributed by atoms with Crippen LogP contribution in [0.1, 0.15) is 0 Å². The standard InChI is InChI=1S/C54H34N4/c1-3-16-35(17-4-1)39-30-32-45(43-24-9-7-22-41(39)43)53-55-49-28-13-11-26-47(49)51(57-53)37-20-15-21-38(34-37)52-48-27-12-14-29-50(48)56-54(58-52)46-33-31-40(36-18-5-2-6-19-36)42-23-8-10-25-44(42)46/h1-34H. The van der Waals surface area contributed by atoms with Crippen molar-refractivity contribution in [1.82, 2.24) is 19.9 Å². The van der Waals surface area contributed by atoms with Crippen molar-refractivity contribution in [3.05, 3.63) is 206 Å². The predicted molar refractivity (Wildman–Crippen MR) is 240 cm³/mol. The highest BCUT2D eigenvalue weighted by Gasteiger charge is 2.18. The van der Waals surface area contributed by atoms with Crippen LogP contribution in [0.4, 0.5) is 0 Å². The Morgan fingerprint density at radius 3 is 0.983 bits per heavy atom. The molecule has 0 aliphatic rings. The average Bonchev–Trinajstić information content (AvgIpc) is 3.30. The van der Waals surface area contributed by atoms with E-state index in [2.05, 4.69) is 194 Å². The van der Waals surface area contributed by atoms with E-state index in [-0.39, 0.29) is 0 Å². The number of nitrogens with zero attached hydrogens (tertiary/aromatic N) is 4. The van der Waals surface area contributed by atoms with Gasteiger partial charge in [0.05, 0.1) is 22.4 Å². The molecule has 0 fully saturated rings. The molecule has 0 aliphatic heterocycles. The molecule has 58 heavy (non-hydrogen) atoms. The first-order chi connectivity index (χ1) is 28.8. The Hall–Kier alpha value is -7.82. The quantitative estimate of drug-likeness (QED) is 0.170. The fourth-order valence-corrected chi connectivity index (χ4v) is 8.37. The molecule has 11 rings (SSSR count). The lowest BCUT2D eigenvalue weighted by molar-refractivity contribution is 1.23. The lowest BCUT2D eigenvalue weighted by Gasteiger charge is -2.15. The molecule has 0 amide bonds. The van der Waals surface area contributed by atoms with Crippen LogP contribution in [-0.4, -0.2) is 19.9 Å². The SMILES string of the molecule is c1ccc(-c2ccc(-c3nc(-c4cccc(-c5nc(-c6ccc(-c7ccccc7)c7ccccc67)nc6ccccc56)c4)c4ccccc4n3)c3ccccc23)cc1. The molecule has 2 heterocycles. The molecule has 0 unspecified atom stereocenters. The van der Waals surface area contributed by atoms with Crippen LogP contribution in [0.25, 0.3) is 111 Å². The van der Waals surface area contributed by atoms with Crippen LogP contribution >= 0.6 is 0 Å². The zero-order valence-electron chi connectivity index (χ0n) is 31.4. The van der Waals surface area contributed by atoms with Gasteiger partial charge >= 0.3 is 0 Å². The first kappa shape index (κ1) is 33.5. The minimum absolute atomic E-state index is 0.690. The molecule has 0 N–H and O–H groups in total. The first-order valence-electron chi connectivity index (χ1n) is 19.6. The Labute approximate surface area is 335 Å². The second-order valence-corrected chi connectivity index (χ2v) is 14.6. The zero-order valence-corrected chi connectivity index (χ0v) is 31.4. The normalized spacial score (nSPS) is 11.4. The minimum Gasteiger partial charge on any atom is -0.228 e. The number of rotatable bonds is 6. The maximum absolute atomic E-state index is 5.38. The number of aromatic nitrogens is 4. The third kappa shape index (κ3) is 5.78. The third-order valence-corrected chi connectivity index (χ3v) is 11.1. The summed E-state index contributed by atoms with van der Waals surface area (Å²) in [7, 11) is 0. The van der Waals surface area contributed by atoms with Gasteiger partial charge in [0.15, 0.2) is 11.6 Å². The smallest absolute Gasteiger partial charge is 0.161 e. The lowest BCUT2D eigenvalue weighted by atomic mass is 9.94. The van der Waals surface area contributed by atoms with E-state index < -0.39 is 0 Å². The van der Waals surface area contributed by atoms with Crippen molar-refractivity contribution in [1.29, 1.82) is 0 Å². The van der Waals surface area contributed by atoms with E-state index in [9.17, 15) is 0 Å². The maximum atomic E-state index is 5.38. The zero-order chi connectivity index (χ0) is 38.4. The van der Waals surface area contributed by atoms with Crippen molar-refractivity contribution in [2.45, 2.75) is 0 Å². The Balaban J connectivity index is 1.07. The molecule has 9 aromatic carbocycles. The molecule has 0 aliphatic carbocycles. The van der Waals surface area contributed by atoms with Crippen molar-refractivity contribution < 1.29 is 0 Å². The van der Waals surface area contributed by atoms with Gasteiger partial charge < -0.3 is 0 Å². The molecule has 0 atom stereocenters. The largest absolute Gasteiger partial charge is 0.228 e. The Morgan fingerprint density at radius 1 is 0.224 bits per heavy atom. The summed E-state index contributed by atoms with van der Waals surface area (Å²) in [6, 6.07) is 72.1. The molecule has 11 aromatic rings. The van der Waals surface area contributed by atoms with Gasteiger partial charge in [-0.2, -0.15) is 0 Å². The molecular weight excluding hydrogens is 705 g/mol. The predicted octanol–water partition coefficient (Wildman–Crippen LogP) is 13.9. The molecule has 0 saturated carbocycles. The van der Waals surface area contributed by atoms with Crippen molar-refractivity contribution >= 4 is 43.4 Å². The topological polar surface area (TPSA) is 51.6 Å². The molecule has 2 aromatic heterocycles. The Bertz CT molecular complexity index is 3120. The lowest BCUT2D eigenvalue weighted by Crippen LogP contribution is -1.98. The number of fused-ring (bicyclic) bond motifs is 4. The van der Waals surface area contributed by atoms with Gasteiger partial charge in [-0.05, 0) is 74.1 Å². The van der Waals surface area contributed by atoms with Crippen LogP contribution in [0, 0.1) is 0 Å². The highest BCUT2D eigenvalue weighted by atomic mass is 14.9. The molecule has 4 nitrogen and oxygen atoms in total. The molecule has 0 saturated heterocycles. The second kappa shape index (κ2) is 14.0. The molecular formula is C54H34N4. The van der Waals surface area contributed by atoms with E-state index in [1.165, 1.54) is 33.0 Å². The Kier molecular flexibility index (Phi) is 8.11. The van der Waals surface area contributed by atoms with Gasteiger partial charge in [0.2, 0.25) is 0 Å². The van der Waals surface area contributed by atoms with E-state index >= 15 is 0 Å². The van der Waals surface area contributed by atoms with Gasteiger partial charge in [0.1, 0.15) is 0 Å². The van der Waals surface area contributed by atoms with Crippen molar-refractivity contribution in [2.24, 2.45) is 0 Å². The van der Waals surface area contributed by atoms with Crippen LogP contribution in [-0.2, 0) is 0 Å². The van der Waals surface area contributed by atoms with Crippen molar-refractivity contribution in [3.8, 4) is 67.5 Å². The summed E-state index contributed by atoms with van der Waals surface area (Å²) < 4.78 is 0. The summed E-state index contributed by atoms with van der Waals surface area (Å²) in [5.74, 6) is 1.38. The van der Waals surface area contributed by atoms with Crippen LogP contribution in [0.2, 0.25) is 0 Å². The molecule has 0 radical (unpaired) electrons. The minimum atomic E-state index is 0.690. The number of hydrogen-bond acceptors (Lipinski definition) is 4. The molecule has 4 heteroatoms. The van der Waals surface area contributed by atoms with Gasteiger partial charge in [-0.25, -0.2) is 19.9 Å². The summed E-state index contributed by atoms with van der Waals surface area (Å²) in [5.41, 5.74) is 12.2. The van der Waals surface area contributed by atoms with E-state index in [0.717, 1.165) is 66.2 Å². The van der Waals surface area contributed by atoms with Crippen LogP contribution in [0.3, 0.4) is 0 Å². The number of hydrogen-bond donors (Lipinski definition) is 0. The maximum Gasteiger partial charge on any atom is 0.161 e. The second-order valence-electron chi connectivity index (χ2n) is 14.6. The van der Waals surface area contributed by atoms with Crippen LogP contribution in [0.5, 0.6) is 0 Å². The highest BCUT2D eigenvalue weighted by molar-refractivity contribution is 6.07. The van der Waals surface area contributed by atoms with Crippen LogP contribution < -0.4 is 0 Å². The Morgan fingerprint density at radius 2 is 0.552 bits per heavy atom. The van der Waals surface area contributed by atoms with Crippen LogP contribution in [0.15, 0.2) is 206 Å². The van der Waals surface area contributed by atoms with Gasteiger partial charge in [0, 0.05) is 33.0 Å². The average molecular weight is 739 g/mol. The van der Waals surface area contributed by atoms with Gasteiger partial charge in [-0.3, -0.25) is 0 Å². The molecule has 270 valence electrons. The summed E-state index contributed by atoms with van der Waals surface area (Å²) in [5, 5.41) is 6.55. The fourth-order valence-electron chi connectivity index (χ4n) is 8.37. The summed E-state index contributed by atoms with van der Waals surface area (Å²) in [4.78, 5) is 21.1.